The lowest BCUT2D eigenvalue weighted by molar-refractivity contribution is -0.671. The molecule has 4 rings (SSSR count). The Morgan fingerprint density at radius 1 is 1.13 bits per heavy atom. The lowest BCUT2D eigenvalue weighted by Crippen LogP contribution is -2.33. The molecular weight excluding hydrogens is 403 g/mol. The molecule has 156 valence electrons. The Labute approximate surface area is 175 Å². The topological polar surface area (TPSA) is 58.3 Å². The molecule has 0 aliphatic heterocycles. The number of benzene rings is 2. The lowest BCUT2D eigenvalue weighted by atomic mass is 9.97. The second-order valence-corrected chi connectivity index (χ2v) is 10.0. The molecule has 0 amide bonds. The molecule has 0 N–H and O–H groups in total. The average molecular weight is 428 g/mol. The number of anilines is 1. The van der Waals surface area contributed by atoms with Crippen molar-refractivity contribution < 1.29 is 22.2 Å². The molecule has 0 spiro atoms. The summed E-state index contributed by atoms with van der Waals surface area (Å²) in [4.78, 5) is 14.1. The van der Waals surface area contributed by atoms with Gasteiger partial charge in [0.15, 0.2) is 16.0 Å². The number of carbonyl (C=O) groups is 1. The minimum atomic E-state index is -3.40. The van der Waals surface area contributed by atoms with Crippen molar-refractivity contribution >= 4 is 32.6 Å². The van der Waals surface area contributed by atoms with Gasteiger partial charge in [-0.25, -0.2) is 12.8 Å². The first kappa shape index (κ1) is 20.5. The highest BCUT2D eigenvalue weighted by atomic mass is 32.2. The lowest BCUT2D eigenvalue weighted by Gasteiger charge is -2.23. The normalized spacial score (nSPS) is 14.1. The monoisotopic (exact) mass is 427 g/mol. The number of rotatable bonds is 6. The molecular formula is C23H24FN2O3S+. The molecule has 2 aromatic carbocycles. The second-order valence-electron chi connectivity index (χ2n) is 7.77. The van der Waals surface area contributed by atoms with E-state index in [4.69, 9.17) is 0 Å². The van der Waals surface area contributed by atoms with Crippen LogP contribution < -0.4 is 9.47 Å². The highest BCUT2D eigenvalue weighted by molar-refractivity contribution is 7.91. The van der Waals surface area contributed by atoms with Gasteiger partial charge < -0.3 is 4.90 Å². The van der Waals surface area contributed by atoms with Crippen LogP contribution in [0.3, 0.4) is 0 Å². The number of nitrogens with zero attached hydrogens (tertiary/aromatic N) is 2. The van der Waals surface area contributed by atoms with Crippen LogP contribution in [0, 0.1) is 5.82 Å². The summed E-state index contributed by atoms with van der Waals surface area (Å²) in [5.74, 6) is -0.422. The molecule has 1 aliphatic carbocycles. The highest BCUT2D eigenvalue weighted by Gasteiger charge is 2.30. The number of carbonyl (C=O) groups excluding carboxylic acids is 1. The van der Waals surface area contributed by atoms with Gasteiger partial charge in [0.05, 0.1) is 21.6 Å². The Morgan fingerprint density at radius 2 is 1.87 bits per heavy atom. The van der Waals surface area contributed by atoms with Gasteiger partial charge in [0.25, 0.3) is 5.69 Å². The SMILES string of the molecule is CCS(=O)(=O)c1ccc(N(C)C2CC2)c(-c2c[n+](C)c(C=O)c3cc(F)ccc23)c1. The first-order chi connectivity index (χ1) is 14.3. The van der Waals surface area contributed by atoms with E-state index >= 15 is 0 Å². The van der Waals surface area contributed by atoms with Gasteiger partial charge >= 0.3 is 0 Å². The summed E-state index contributed by atoms with van der Waals surface area (Å²) in [6, 6.07) is 9.97. The number of fused-ring (bicyclic) bond motifs is 1. The second kappa shape index (κ2) is 7.47. The first-order valence-corrected chi connectivity index (χ1v) is 11.6. The summed E-state index contributed by atoms with van der Waals surface area (Å²) in [7, 11) is 0.337. The van der Waals surface area contributed by atoms with Gasteiger partial charge in [-0.15, -0.1) is 0 Å². The maximum Gasteiger partial charge on any atom is 0.253 e. The number of aryl methyl sites for hydroxylation is 1. The average Bonchev–Trinajstić information content (AvgIpc) is 3.57. The molecule has 5 nitrogen and oxygen atoms in total. The van der Waals surface area contributed by atoms with Crippen LogP contribution in [0.1, 0.15) is 30.3 Å². The molecule has 0 atom stereocenters. The van der Waals surface area contributed by atoms with E-state index in [1.165, 1.54) is 12.1 Å². The number of aromatic nitrogens is 1. The van der Waals surface area contributed by atoms with Gasteiger partial charge in [0.2, 0.25) is 6.29 Å². The third-order valence-corrected chi connectivity index (χ3v) is 7.57. The van der Waals surface area contributed by atoms with Crippen molar-refractivity contribution in [1.29, 1.82) is 0 Å². The fourth-order valence-electron chi connectivity index (χ4n) is 3.90. The van der Waals surface area contributed by atoms with Crippen molar-refractivity contribution in [2.24, 2.45) is 7.05 Å². The molecule has 0 radical (unpaired) electrons. The predicted octanol–water partition coefficient (Wildman–Crippen LogP) is 3.68. The van der Waals surface area contributed by atoms with E-state index in [-0.39, 0.29) is 10.6 Å². The van der Waals surface area contributed by atoms with E-state index in [0.29, 0.717) is 28.8 Å². The summed E-state index contributed by atoms with van der Waals surface area (Å²) in [6.07, 6.45) is 4.70. The first-order valence-electron chi connectivity index (χ1n) is 9.94. The Bertz CT molecular complexity index is 1270. The summed E-state index contributed by atoms with van der Waals surface area (Å²) >= 11 is 0. The zero-order valence-electron chi connectivity index (χ0n) is 17.2. The van der Waals surface area contributed by atoms with Crippen molar-refractivity contribution in [1.82, 2.24) is 0 Å². The number of sulfone groups is 1. The number of hydrogen-bond donors (Lipinski definition) is 0. The zero-order chi connectivity index (χ0) is 21.6. The van der Waals surface area contributed by atoms with E-state index < -0.39 is 15.7 Å². The van der Waals surface area contributed by atoms with Crippen molar-refractivity contribution in [3.63, 3.8) is 0 Å². The number of aldehydes is 1. The highest BCUT2D eigenvalue weighted by Crippen LogP contribution is 2.40. The van der Waals surface area contributed by atoms with Crippen LogP contribution in [-0.4, -0.2) is 33.5 Å². The minimum Gasteiger partial charge on any atom is -0.371 e. The van der Waals surface area contributed by atoms with Gasteiger partial charge in [-0.2, -0.15) is 4.57 Å². The van der Waals surface area contributed by atoms with E-state index in [9.17, 15) is 17.6 Å². The van der Waals surface area contributed by atoms with Gasteiger partial charge in [-0.3, -0.25) is 4.79 Å². The summed E-state index contributed by atoms with van der Waals surface area (Å²) in [5, 5.41) is 1.20. The predicted molar refractivity (Wildman–Crippen MR) is 115 cm³/mol. The van der Waals surface area contributed by atoms with Crippen LogP contribution in [0.25, 0.3) is 21.9 Å². The van der Waals surface area contributed by atoms with Gasteiger partial charge in [-0.05, 0) is 43.2 Å². The number of hydrogen-bond acceptors (Lipinski definition) is 4. The Hall–Kier alpha value is -2.80. The molecule has 1 heterocycles. The van der Waals surface area contributed by atoms with E-state index in [1.54, 1.807) is 36.7 Å². The maximum absolute atomic E-state index is 14.0. The third-order valence-electron chi connectivity index (χ3n) is 5.83. The van der Waals surface area contributed by atoms with Crippen LogP contribution in [0.2, 0.25) is 0 Å². The molecule has 1 fully saturated rings. The Kier molecular flexibility index (Phi) is 5.10. The van der Waals surface area contributed by atoms with E-state index in [0.717, 1.165) is 29.7 Å². The van der Waals surface area contributed by atoms with Crippen LogP contribution in [0.15, 0.2) is 47.5 Å². The van der Waals surface area contributed by atoms with Gasteiger partial charge in [0.1, 0.15) is 12.9 Å². The molecule has 1 saturated carbocycles. The van der Waals surface area contributed by atoms with Crippen LogP contribution in [0.4, 0.5) is 10.1 Å². The maximum atomic E-state index is 14.0. The standard InChI is InChI=1S/C23H24FN2O3S/c1-4-30(28,29)17-8-10-22(26(3)16-6-7-16)20(12-17)21-13-25(2)23(14-27)19-11-15(24)5-9-18(19)21/h5,8-14,16H,4,6-7H2,1-3H3/q+1. The molecule has 1 aliphatic rings. The van der Waals surface area contributed by atoms with Crippen molar-refractivity contribution in [2.75, 3.05) is 17.7 Å². The molecule has 7 heteroatoms. The number of halogens is 1. The quantitative estimate of drug-likeness (QED) is 0.445. The molecule has 1 aromatic heterocycles. The van der Waals surface area contributed by atoms with Crippen molar-refractivity contribution in [2.45, 2.75) is 30.7 Å². The molecule has 0 unspecified atom stereocenters. The van der Waals surface area contributed by atoms with E-state index in [1.807, 2.05) is 19.3 Å². The van der Waals surface area contributed by atoms with Crippen LogP contribution in [0.5, 0.6) is 0 Å². The fraction of sp³-hybridized carbons (Fsp3) is 0.304. The van der Waals surface area contributed by atoms with E-state index in [2.05, 4.69) is 4.90 Å². The van der Waals surface area contributed by atoms with Gasteiger partial charge in [0, 0.05) is 29.7 Å². The summed E-state index contributed by atoms with van der Waals surface area (Å²) in [6.45, 7) is 1.62. The molecule has 0 saturated heterocycles. The minimum absolute atomic E-state index is 0.00800. The van der Waals surface area contributed by atoms with Crippen molar-refractivity contribution in [3.8, 4) is 11.1 Å². The Morgan fingerprint density at radius 3 is 2.50 bits per heavy atom. The number of pyridine rings is 1. The smallest absolute Gasteiger partial charge is 0.253 e. The Balaban J connectivity index is 2.07. The fourth-order valence-corrected chi connectivity index (χ4v) is 4.81. The summed E-state index contributed by atoms with van der Waals surface area (Å²) in [5.41, 5.74) is 2.79. The van der Waals surface area contributed by atoms with Crippen molar-refractivity contribution in [3.05, 3.63) is 54.1 Å². The zero-order valence-corrected chi connectivity index (χ0v) is 18.0. The molecule has 30 heavy (non-hydrogen) atoms. The largest absolute Gasteiger partial charge is 0.371 e. The van der Waals surface area contributed by atoms with Crippen LogP contribution in [-0.2, 0) is 16.9 Å². The molecule has 0 bridgehead atoms. The third kappa shape index (κ3) is 3.47. The molecule has 3 aromatic rings. The summed E-state index contributed by atoms with van der Waals surface area (Å²) < 4.78 is 40.8. The van der Waals surface area contributed by atoms with Crippen LogP contribution >= 0.6 is 0 Å². The van der Waals surface area contributed by atoms with Gasteiger partial charge in [-0.1, -0.05) is 13.0 Å².